The van der Waals surface area contributed by atoms with E-state index in [2.05, 4.69) is 19.9 Å². The molecule has 0 atom stereocenters. The van der Waals surface area contributed by atoms with E-state index < -0.39 is 0 Å². The van der Waals surface area contributed by atoms with E-state index in [-0.39, 0.29) is 29.8 Å². The number of halogens is 2. The number of guanidine groups is 1. The highest BCUT2D eigenvalue weighted by Gasteiger charge is 2.19. The summed E-state index contributed by atoms with van der Waals surface area (Å²) in [5.74, 6) is 0.977. The first-order valence-electron chi connectivity index (χ1n) is 8.06. The number of thioether (sulfide) groups is 1. The SMILES string of the molecule is CSc1ccc(F)cc1CN=C(N)N1CCN(c2ncccn2)CC1.I. The molecule has 1 aromatic heterocycles. The van der Waals surface area contributed by atoms with Crippen molar-refractivity contribution >= 4 is 47.6 Å². The highest BCUT2D eigenvalue weighted by Crippen LogP contribution is 2.22. The summed E-state index contributed by atoms with van der Waals surface area (Å²) in [7, 11) is 0. The molecule has 1 saturated heterocycles. The van der Waals surface area contributed by atoms with Gasteiger partial charge in [-0.15, -0.1) is 35.7 Å². The van der Waals surface area contributed by atoms with E-state index in [1.807, 2.05) is 11.2 Å². The van der Waals surface area contributed by atoms with Gasteiger partial charge < -0.3 is 15.5 Å². The number of hydrogen-bond donors (Lipinski definition) is 1. The Labute approximate surface area is 174 Å². The van der Waals surface area contributed by atoms with Crippen LogP contribution in [0.2, 0.25) is 0 Å². The lowest BCUT2D eigenvalue weighted by atomic mass is 10.2. The standard InChI is InChI=1S/C17H21FN6S.HI/c1-25-15-4-3-14(18)11-13(15)12-22-16(19)23-7-9-24(10-8-23)17-20-5-2-6-21-17;/h2-6,11H,7-10,12H2,1H3,(H2,19,22);1H. The first-order chi connectivity index (χ1) is 12.2. The Hall–Kier alpha value is -1.62. The van der Waals surface area contributed by atoms with Gasteiger partial charge in [0.25, 0.3) is 0 Å². The number of piperazine rings is 1. The van der Waals surface area contributed by atoms with Crippen LogP contribution in [0.25, 0.3) is 0 Å². The molecule has 0 radical (unpaired) electrons. The van der Waals surface area contributed by atoms with Crippen LogP contribution in [-0.4, -0.2) is 53.3 Å². The summed E-state index contributed by atoms with van der Waals surface area (Å²) in [5.41, 5.74) is 6.99. The number of hydrogen-bond acceptors (Lipinski definition) is 5. The number of rotatable bonds is 4. The largest absolute Gasteiger partial charge is 0.370 e. The second-order valence-corrected chi connectivity index (χ2v) is 6.50. The van der Waals surface area contributed by atoms with E-state index in [9.17, 15) is 4.39 Å². The van der Waals surface area contributed by atoms with E-state index >= 15 is 0 Å². The number of aliphatic imine (C=N–C) groups is 1. The fourth-order valence-electron chi connectivity index (χ4n) is 2.73. The summed E-state index contributed by atoms with van der Waals surface area (Å²) in [6.07, 6.45) is 5.45. The highest BCUT2D eigenvalue weighted by atomic mass is 127. The van der Waals surface area contributed by atoms with E-state index in [1.54, 1.807) is 36.3 Å². The lowest BCUT2D eigenvalue weighted by Gasteiger charge is -2.35. The van der Waals surface area contributed by atoms with Crippen LogP contribution in [-0.2, 0) is 6.54 Å². The van der Waals surface area contributed by atoms with E-state index in [0.29, 0.717) is 12.5 Å². The molecule has 1 aromatic carbocycles. The molecule has 6 nitrogen and oxygen atoms in total. The lowest BCUT2D eigenvalue weighted by Crippen LogP contribution is -2.51. The van der Waals surface area contributed by atoms with Crippen molar-refractivity contribution in [2.24, 2.45) is 10.7 Å². The zero-order valence-electron chi connectivity index (χ0n) is 14.5. The second-order valence-electron chi connectivity index (χ2n) is 5.65. The number of aromatic nitrogens is 2. The van der Waals surface area contributed by atoms with Crippen molar-refractivity contribution in [3.8, 4) is 0 Å². The molecule has 0 unspecified atom stereocenters. The van der Waals surface area contributed by atoms with Crippen LogP contribution in [0.3, 0.4) is 0 Å². The lowest BCUT2D eigenvalue weighted by molar-refractivity contribution is 0.378. The predicted octanol–water partition coefficient (Wildman–Crippen LogP) is 2.59. The van der Waals surface area contributed by atoms with Crippen molar-refractivity contribution in [3.05, 3.63) is 48.0 Å². The number of nitrogens with zero attached hydrogens (tertiary/aromatic N) is 5. The maximum atomic E-state index is 13.5. The molecule has 0 bridgehead atoms. The van der Waals surface area contributed by atoms with Gasteiger partial charge in [0, 0.05) is 43.5 Å². The fraction of sp³-hybridized carbons (Fsp3) is 0.353. The fourth-order valence-corrected chi connectivity index (χ4v) is 3.32. The van der Waals surface area contributed by atoms with E-state index in [4.69, 9.17) is 5.73 Å². The third-order valence-corrected chi connectivity index (χ3v) is 4.93. The molecule has 0 amide bonds. The Kier molecular flexibility index (Phi) is 7.88. The van der Waals surface area contributed by atoms with E-state index in [0.717, 1.165) is 42.6 Å². The molecule has 0 aliphatic carbocycles. The molecule has 26 heavy (non-hydrogen) atoms. The molecule has 9 heteroatoms. The molecule has 1 aliphatic heterocycles. The quantitative estimate of drug-likeness (QED) is 0.309. The van der Waals surface area contributed by atoms with Crippen LogP contribution in [0, 0.1) is 5.82 Å². The van der Waals surface area contributed by atoms with Gasteiger partial charge in [-0.05, 0) is 36.1 Å². The molecule has 2 N–H and O–H groups in total. The third-order valence-electron chi connectivity index (χ3n) is 4.09. The highest BCUT2D eigenvalue weighted by molar-refractivity contribution is 14.0. The van der Waals surface area contributed by atoms with Gasteiger partial charge in [0.15, 0.2) is 5.96 Å². The van der Waals surface area contributed by atoms with Crippen molar-refractivity contribution in [1.82, 2.24) is 14.9 Å². The summed E-state index contributed by atoms with van der Waals surface area (Å²) in [6, 6.07) is 6.57. The molecule has 2 heterocycles. The predicted molar refractivity (Wildman–Crippen MR) is 115 cm³/mol. The normalized spacial score (nSPS) is 14.9. The molecule has 140 valence electrons. The van der Waals surface area contributed by atoms with Crippen molar-refractivity contribution in [2.75, 3.05) is 37.3 Å². The first-order valence-corrected chi connectivity index (χ1v) is 9.29. The smallest absolute Gasteiger partial charge is 0.225 e. The number of nitrogens with two attached hydrogens (primary N) is 1. The van der Waals surface area contributed by atoms with Crippen LogP contribution in [0.5, 0.6) is 0 Å². The van der Waals surface area contributed by atoms with Gasteiger partial charge in [0.1, 0.15) is 5.82 Å². The Morgan fingerprint density at radius 1 is 1.23 bits per heavy atom. The van der Waals surface area contributed by atoms with Crippen LogP contribution < -0.4 is 10.6 Å². The molecular weight excluding hydrogens is 466 g/mol. The van der Waals surface area contributed by atoms with Crippen LogP contribution in [0.4, 0.5) is 10.3 Å². The van der Waals surface area contributed by atoms with Gasteiger partial charge in [-0.3, -0.25) is 0 Å². The summed E-state index contributed by atoms with van der Waals surface area (Å²) < 4.78 is 13.5. The van der Waals surface area contributed by atoms with Crippen molar-refractivity contribution in [1.29, 1.82) is 0 Å². The van der Waals surface area contributed by atoms with Gasteiger partial charge in [-0.25, -0.2) is 19.4 Å². The Balaban J connectivity index is 0.00000243. The number of anilines is 1. The zero-order valence-corrected chi connectivity index (χ0v) is 17.7. The minimum atomic E-state index is -0.252. The van der Waals surface area contributed by atoms with Gasteiger partial charge in [0.05, 0.1) is 6.54 Å². The summed E-state index contributed by atoms with van der Waals surface area (Å²) in [6.45, 7) is 3.46. The maximum absolute atomic E-state index is 13.5. The summed E-state index contributed by atoms with van der Waals surface area (Å²) in [4.78, 5) is 18.2. The minimum absolute atomic E-state index is 0. The van der Waals surface area contributed by atoms with E-state index in [1.165, 1.54) is 12.1 Å². The van der Waals surface area contributed by atoms with Gasteiger partial charge in [-0.1, -0.05) is 0 Å². The molecule has 0 saturated carbocycles. The summed E-state index contributed by atoms with van der Waals surface area (Å²) in [5, 5.41) is 0. The summed E-state index contributed by atoms with van der Waals surface area (Å²) >= 11 is 1.58. The first kappa shape index (κ1) is 20.7. The average Bonchev–Trinajstić information content (AvgIpc) is 2.67. The molecule has 0 spiro atoms. The van der Waals surface area contributed by atoms with Crippen LogP contribution in [0.1, 0.15) is 5.56 Å². The van der Waals surface area contributed by atoms with Crippen LogP contribution in [0.15, 0.2) is 46.5 Å². The maximum Gasteiger partial charge on any atom is 0.225 e. The average molecular weight is 488 g/mol. The zero-order chi connectivity index (χ0) is 17.6. The molecule has 2 aromatic rings. The molecule has 1 fully saturated rings. The van der Waals surface area contributed by atoms with Crippen LogP contribution >= 0.6 is 35.7 Å². The molecule has 1 aliphatic rings. The minimum Gasteiger partial charge on any atom is -0.370 e. The van der Waals surface area contributed by atoms with Gasteiger partial charge in [-0.2, -0.15) is 0 Å². The van der Waals surface area contributed by atoms with Crippen molar-refractivity contribution in [3.63, 3.8) is 0 Å². The Morgan fingerprint density at radius 3 is 2.58 bits per heavy atom. The molecular formula is C17H22FIN6S. The third kappa shape index (κ3) is 5.19. The van der Waals surface area contributed by atoms with Gasteiger partial charge in [0.2, 0.25) is 5.95 Å². The molecule has 3 rings (SSSR count). The van der Waals surface area contributed by atoms with Crippen molar-refractivity contribution < 1.29 is 4.39 Å². The Bertz CT molecular complexity index is 737. The topological polar surface area (TPSA) is 70.6 Å². The van der Waals surface area contributed by atoms with Gasteiger partial charge >= 0.3 is 0 Å². The number of benzene rings is 1. The monoisotopic (exact) mass is 488 g/mol. The Morgan fingerprint density at radius 2 is 1.92 bits per heavy atom. The second kappa shape index (κ2) is 9.91. The van der Waals surface area contributed by atoms with Crippen molar-refractivity contribution in [2.45, 2.75) is 11.4 Å².